The van der Waals surface area contributed by atoms with Gasteiger partial charge in [-0.15, -0.1) is 0 Å². The van der Waals surface area contributed by atoms with E-state index in [1.165, 1.54) is 12.1 Å². The molecule has 0 radical (unpaired) electrons. The van der Waals surface area contributed by atoms with E-state index in [0.29, 0.717) is 32.0 Å². The summed E-state index contributed by atoms with van der Waals surface area (Å²) < 4.78 is 13.3. The summed E-state index contributed by atoms with van der Waals surface area (Å²) in [4.78, 5) is 36.4. The van der Waals surface area contributed by atoms with Crippen molar-refractivity contribution >= 4 is 17.5 Å². The molecule has 2 aromatic rings. The summed E-state index contributed by atoms with van der Waals surface area (Å²) >= 11 is 0. The second-order valence-corrected chi connectivity index (χ2v) is 12.8. The molecule has 0 bridgehead atoms. The standard InChI is InChI=1S/C34H49FN4O2/c1-26(2)22-33(40)39-17-7-16-36(23-27(3)4)20-21-38(25-30-8-5-6-9-32(30)39)34(41)29-14-18-37(19-15-29)24-28-10-12-31(35)13-11-28/h5-6,8-13,26-27,29H,7,14-25H2,1-4H3. The van der Waals surface area contributed by atoms with Crippen molar-refractivity contribution in [2.24, 2.45) is 17.8 Å². The molecule has 2 amide bonds. The Hall–Kier alpha value is -2.77. The van der Waals surface area contributed by atoms with Gasteiger partial charge in [0.2, 0.25) is 11.8 Å². The molecule has 0 N–H and O–H groups in total. The zero-order chi connectivity index (χ0) is 29.4. The van der Waals surface area contributed by atoms with Crippen LogP contribution < -0.4 is 4.90 Å². The van der Waals surface area contributed by atoms with E-state index in [1.807, 2.05) is 35.2 Å². The van der Waals surface area contributed by atoms with E-state index < -0.39 is 0 Å². The van der Waals surface area contributed by atoms with Gasteiger partial charge in [-0.25, -0.2) is 4.39 Å². The lowest BCUT2D eigenvalue weighted by Gasteiger charge is -2.35. The van der Waals surface area contributed by atoms with Gasteiger partial charge in [0.05, 0.1) is 0 Å². The molecule has 41 heavy (non-hydrogen) atoms. The van der Waals surface area contributed by atoms with Crippen LogP contribution in [0, 0.1) is 23.6 Å². The van der Waals surface area contributed by atoms with Crippen LogP contribution in [0.5, 0.6) is 0 Å². The quantitative estimate of drug-likeness (QED) is 0.426. The van der Waals surface area contributed by atoms with Gasteiger partial charge in [0, 0.05) is 57.3 Å². The average Bonchev–Trinajstić information content (AvgIpc) is 2.97. The lowest BCUT2D eigenvalue weighted by Crippen LogP contribution is -2.45. The van der Waals surface area contributed by atoms with Crippen LogP contribution in [0.4, 0.5) is 10.1 Å². The molecule has 224 valence electrons. The number of likely N-dealkylation sites (tertiary alicyclic amines) is 1. The Kier molecular flexibility index (Phi) is 11.3. The maximum Gasteiger partial charge on any atom is 0.227 e. The zero-order valence-electron chi connectivity index (χ0n) is 25.5. The van der Waals surface area contributed by atoms with Gasteiger partial charge in [0.15, 0.2) is 0 Å². The predicted molar refractivity (Wildman–Crippen MR) is 164 cm³/mol. The van der Waals surface area contributed by atoms with Gasteiger partial charge in [-0.2, -0.15) is 0 Å². The second-order valence-electron chi connectivity index (χ2n) is 12.8. The summed E-state index contributed by atoms with van der Waals surface area (Å²) in [5.74, 6) is 0.991. The summed E-state index contributed by atoms with van der Waals surface area (Å²) in [6, 6.07) is 14.9. The van der Waals surface area contributed by atoms with E-state index >= 15 is 0 Å². The topological polar surface area (TPSA) is 47.1 Å². The van der Waals surface area contributed by atoms with E-state index in [1.54, 1.807) is 0 Å². The van der Waals surface area contributed by atoms with Crippen LogP contribution in [-0.2, 0) is 22.7 Å². The third kappa shape index (κ3) is 9.11. The van der Waals surface area contributed by atoms with E-state index in [0.717, 1.165) is 75.3 Å². The largest absolute Gasteiger partial charge is 0.337 e. The van der Waals surface area contributed by atoms with Crippen molar-refractivity contribution in [3.63, 3.8) is 0 Å². The zero-order valence-corrected chi connectivity index (χ0v) is 25.5. The molecule has 2 heterocycles. The Balaban J connectivity index is 1.51. The molecular weight excluding hydrogens is 515 g/mol. The van der Waals surface area contributed by atoms with Crippen molar-refractivity contribution in [1.29, 1.82) is 0 Å². The van der Waals surface area contributed by atoms with Crippen LogP contribution in [0.3, 0.4) is 0 Å². The smallest absolute Gasteiger partial charge is 0.227 e. The third-order valence-electron chi connectivity index (χ3n) is 8.26. The summed E-state index contributed by atoms with van der Waals surface area (Å²) in [5, 5.41) is 0. The molecular formula is C34H49FN4O2. The van der Waals surface area contributed by atoms with Crippen LogP contribution in [0.1, 0.15) is 64.5 Å². The Morgan fingerprint density at radius 1 is 0.829 bits per heavy atom. The van der Waals surface area contributed by atoms with Crippen LogP contribution in [0.15, 0.2) is 48.5 Å². The van der Waals surface area contributed by atoms with E-state index in [9.17, 15) is 14.0 Å². The number of anilines is 1. The molecule has 0 aromatic heterocycles. The Bertz CT molecular complexity index is 1130. The number of carbonyl (C=O) groups is 2. The highest BCUT2D eigenvalue weighted by Gasteiger charge is 2.30. The number of carbonyl (C=O) groups excluding carboxylic acids is 2. The monoisotopic (exact) mass is 564 g/mol. The van der Waals surface area contributed by atoms with Crippen molar-refractivity contribution in [3.05, 3.63) is 65.5 Å². The maximum absolute atomic E-state index is 14.1. The molecule has 2 aliphatic heterocycles. The minimum atomic E-state index is -0.213. The average molecular weight is 565 g/mol. The number of hydrogen-bond acceptors (Lipinski definition) is 4. The fraction of sp³-hybridized carbons (Fsp3) is 0.588. The molecule has 0 saturated carbocycles. The Labute approximate surface area is 246 Å². The molecule has 2 aliphatic rings. The van der Waals surface area contributed by atoms with Crippen molar-refractivity contribution in [1.82, 2.24) is 14.7 Å². The highest BCUT2D eigenvalue weighted by atomic mass is 19.1. The number of halogens is 1. The molecule has 7 heteroatoms. The Morgan fingerprint density at radius 2 is 1.54 bits per heavy atom. The molecule has 0 unspecified atom stereocenters. The minimum Gasteiger partial charge on any atom is -0.337 e. The highest BCUT2D eigenvalue weighted by molar-refractivity contribution is 5.94. The lowest BCUT2D eigenvalue weighted by atomic mass is 9.94. The van der Waals surface area contributed by atoms with Gasteiger partial charge in [-0.1, -0.05) is 58.0 Å². The van der Waals surface area contributed by atoms with Crippen molar-refractivity contribution in [2.45, 2.75) is 66.5 Å². The van der Waals surface area contributed by atoms with Crippen molar-refractivity contribution in [3.8, 4) is 0 Å². The second kappa shape index (κ2) is 14.9. The fourth-order valence-corrected chi connectivity index (χ4v) is 6.19. The van der Waals surface area contributed by atoms with Crippen LogP contribution >= 0.6 is 0 Å². The molecule has 0 spiro atoms. The molecule has 4 rings (SSSR count). The fourth-order valence-electron chi connectivity index (χ4n) is 6.19. The van der Waals surface area contributed by atoms with E-state index in [2.05, 4.69) is 48.5 Å². The molecule has 6 nitrogen and oxygen atoms in total. The normalized spacial score (nSPS) is 18.4. The number of para-hydroxylation sites is 1. The summed E-state index contributed by atoms with van der Waals surface area (Å²) in [6.07, 6.45) is 3.08. The Morgan fingerprint density at radius 3 is 2.22 bits per heavy atom. The minimum absolute atomic E-state index is 0.00557. The number of piperidine rings is 1. The number of fused-ring (bicyclic) bond motifs is 1. The van der Waals surface area contributed by atoms with Crippen LogP contribution in [-0.4, -0.2) is 72.3 Å². The first-order valence-electron chi connectivity index (χ1n) is 15.6. The number of rotatable bonds is 7. The number of nitrogens with zero attached hydrogens (tertiary/aromatic N) is 4. The van der Waals surface area contributed by atoms with Gasteiger partial charge in [0.25, 0.3) is 0 Å². The van der Waals surface area contributed by atoms with Crippen molar-refractivity contribution in [2.75, 3.05) is 50.7 Å². The summed E-state index contributed by atoms with van der Waals surface area (Å²) in [7, 11) is 0. The van der Waals surface area contributed by atoms with Gasteiger partial charge >= 0.3 is 0 Å². The maximum atomic E-state index is 14.1. The number of amides is 2. The number of hydrogen-bond donors (Lipinski definition) is 0. The summed E-state index contributed by atoms with van der Waals surface area (Å²) in [6.45, 7) is 15.8. The first-order valence-corrected chi connectivity index (χ1v) is 15.6. The molecule has 2 aromatic carbocycles. The molecule has 0 aliphatic carbocycles. The first kappa shape index (κ1) is 31.2. The van der Waals surface area contributed by atoms with Gasteiger partial charge < -0.3 is 14.7 Å². The third-order valence-corrected chi connectivity index (χ3v) is 8.26. The lowest BCUT2D eigenvalue weighted by molar-refractivity contribution is -0.138. The predicted octanol–water partition coefficient (Wildman–Crippen LogP) is 5.81. The SMILES string of the molecule is CC(C)CC(=O)N1CCCN(CC(C)C)CCN(C(=O)C2CCN(Cc3ccc(F)cc3)CC2)Cc2ccccc21. The van der Waals surface area contributed by atoms with Gasteiger partial charge in [0.1, 0.15) is 5.82 Å². The van der Waals surface area contributed by atoms with Crippen LogP contribution in [0.2, 0.25) is 0 Å². The summed E-state index contributed by atoms with van der Waals surface area (Å²) in [5.41, 5.74) is 3.09. The van der Waals surface area contributed by atoms with E-state index in [4.69, 9.17) is 0 Å². The van der Waals surface area contributed by atoms with Crippen LogP contribution in [0.25, 0.3) is 0 Å². The van der Waals surface area contributed by atoms with E-state index in [-0.39, 0.29) is 29.5 Å². The van der Waals surface area contributed by atoms with Gasteiger partial charge in [-0.05, 0) is 80.1 Å². The number of benzene rings is 2. The molecule has 0 atom stereocenters. The first-order chi connectivity index (χ1) is 19.7. The van der Waals surface area contributed by atoms with Crippen molar-refractivity contribution < 1.29 is 14.0 Å². The van der Waals surface area contributed by atoms with Gasteiger partial charge in [-0.3, -0.25) is 14.5 Å². The molecule has 1 saturated heterocycles. The molecule has 1 fully saturated rings. The highest BCUT2D eigenvalue weighted by Crippen LogP contribution is 2.27.